The first-order valence-electron chi connectivity index (χ1n) is 10.3. The highest BCUT2D eigenvalue weighted by molar-refractivity contribution is 5.92. The molecule has 3 aromatic rings. The van der Waals surface area contributed by atoms with E-state index in [0.717, 1.165) is 50.3 Å². The lowest BCUT2D eigenvalue weighted by Gasteiger charge is -2.39. The summed E-state index contributed by atoms with van der Waals surface area (Å²) in [5.41, 5.74) is 1.52. The maximum absolute atomic E-state index is 12.7. The second-order valence-corrected chi connectivity index (χ2v) is 8.34. The molecular weight excluding hydrogens is 380 g/mol. The maximum Gasteiger partial charge on any atom is 0.274 e. The van der Waals surface area contributed by atoms with E-state index >= 15 is 0 Å². The zero-order valence-electron chi connectivity index (χ0n) is 16.9. The molecule has 2 saturated heterocycles. The van der Waals surface area contributed by atoms with Gasteiger partial charge in [0, 0.05) is 37.6 Å². The van der Waals surface area contributed by atoms with Gasteiger partial charge in [-0.05, 0) is 43.9 Å². The molecule has 1 aromatic carbocycles. The highest BCUT2D eigenvalue weighted by atomic mass is 16.5. The molecule has 1 spiro atoms. The van der Waals surface area contributed by atoms with Crippen LogP contribution in [0.1, 0.15) is 41.6 Å². The van der Waals surface area contributed by atoms with Crippen molar-refractivity contribution in [3.63, 3.8) is 0 Å². The lowest BCUT2D eigenvalue weighted by atomic mass is 9.76. The van der Waals surface area contributed by atoms with Crippen LogP contribution in [0.3, 0.4) is 0 Å². The number of piperidine rings is 1. The number of carbonyl (C=O) groups excluding carboxylic acids is 1. The quantitative estimate of drug-likeness (QED) is 0.663. The Morgan fingerprint density at radius 3 is 2.70 bits per heavy atom. The highest BCUT2D eigenvalue weighted by Gasteiger charge is 2.46. The van der Waals surface area contributed by atoms with Crippen molar-refractivity contribution < 1.29 is 9.32 Å². The number of rotatable bonds is 3. The minimum absolute atomic E-state index is 0.0356. The maximum atomic E-state index is 12.7. The lowest BCUT2D eigenvalue weighted by molar-refractivity contribution is 0.0587. The Labute approximate surface area is 174 Å². The van der Waals surface area contributed by atoms with Crippen molar-refractivity contribution in [2.45, 2.75) is 25.3 Å². The number of carbonyl (C=O) groups is 1. The van der Waals surface area contributed by atoms with Gasteiger partial charge in [-0.3, -0.25) is 14.7 Å². The van der Waals surface area contributed by atoms with Crippen LogP contribution in [0.15, 0.2) is 53.4 Å². The Bertz CT molecular complexity index is 1010. The number of benzene rings is 1. The normalized spacial score (nSPS) is 21.2. The van der Waals surface area contributed by atoms with Crippen LogP contribution in [0.2, 0.25) is 0 Å². The van der Waals surface area contributed by atoms with Crippen LogP contribution < -0.4 is 0 Å². The van der Waals surface area contributed by atoms with Gasteiger partial charge >= 0.3 is 0 Å². The predicted octanol–water partition coefficient (Wildman–Crippen LogP) is 2.83. The van der Waals surface area contributed by atoms with Crippen LogP contribution in [-0.2, 0) is 0 Å². The molecule has 0 N–H and O–H groups in total. The van der Waals surface area contributed by atoms with Gasteiger partial charge in [-0.1, -0.05) is 23.4 Å². The van der Waals surface area contributed by atoms with E-state index in [0.29, 0.717) is 11.6 Å². The monoisotopic (exact) mass is 404 g/mol. The van der Waals surface area contributed by atoms with E-state index in [1.165, 1.54) is 6.20 Å². The number of amides is 1. The Kier molecular flexibility index (Phi) is 4.78. The van der Waals surface area contributed by atoms with Crippen LogP contribution in [0.4, 0.5) is 0 Å². The van der Waals surface area contributed by atoms with Crippen LogP contribution in [0.5, 0.6) is 0 Å². The van der Waals surface area contributed by atoms with Crippen molar-refractivity contribution in [3.8, 4) is 11.5 Å². The summed E-state index contributed by atoms with van der Waals surface area (Å²) >= 11 is 0. The summed E-state index contributed by atoms with van der Waals surface area (Å²) in [6.45, 7) is 2.44. The van der Waals surface area contributed by atoms with E-state index in [9.17, 15) is 4.79 Å². The van der Waals surface area contributed by atoms with Gasteiger partial charge in [0.2, 0.25) is 0 Å². The molecular formula is C22H24N6O2. The minimum atomic E-state index is -0.0356. The van der Waals surface area contributed by atoms with Crippen molar-refractivity contribution in [2.75, 3.05) is 26.7 Å². The van der Waals surface area contributed by atoms with Gasteiger partial charge < -0.3 is 9.42 Å². The molecule has 0 saturated carbocycles. The summed E-state index contributed by atoms with van der Waals surface area (Å²) in [6.07, 6.45) is 7.57. The third-order valence-corrected chi connectivity index (χ3v) is 6.40. The molecule has 1 amide bonds. The number of likely N-dealkylation sites (tertiary alicyclic amines) is 2. The van der Waals surface area contributed by atoms with E-state index in [4.69, 9.17) is 4.52 Å². The van der Waals surface area contributed by atoms with Crippen molar-refractivity contribution in [2.24, 2.45) is 5.41 Å². The molecule has 1 atom stereocenters. The molecule has 2 aliphatic heterocycles. The highest BCUT2D eigenvalue weighted by Crippen LogP contribution is 2.48. The van der Waals surface area contributed by atoms with Gasteiger partial charge in [0.1, 0.15) is 5.69 Å². The zero-order chi connectivity index (χ0) is 20.6. The molecule has 154 valence electrons. The molecule has 2 fully saturated rings. The Hall–Kier alpha value is -3.13. The van der Waals surface area contributed by atoms with E-state index in [1.807, 2.05) is 35.2 Å². The van der Waals surface area contributed by atoms with Crippen molar-refractivity contribution in [1.82, 2.24) is 29.9 Å². The second-order valence-electron chi connectivity index (χ2n) is 8.34. The van der Waals surface area contributed by atoms with Crippen molar-refractivity contribution in [3.05, 3.63) is 60.4 Å². The number of nitrogens with zero attached hydrogens (tertiary/aromatic N) is 6. The molecule has 1 unspecified atom stereocenters. The van der Waals surface area contributed by atoms with Gasteiger partial charge in [0.15, 0.2) is 5.82 Å². The minimum Gasteiger partial charge on any atom is -0.337 e. The number of hydrogen-bond acceptors (Lipinski definition) is 7. The van der Waals surface area contributed by atoms with Crippen LogP contribution in [-0.4, -0.2) is 62.5 Å². The standard InChI is InChI=1S/C22H24N6O2/c1-27-15-22(7-11-28(12-8-22)21(29)17-14-23-9-10-24-17)13-18(27)19-25-20(30-26-19)16-5-3-2-4-6-16/h2-6,9-10,14,18H,7-8,11-13,15H2,1H3. The molecule has 4 heterocycles. The van der Waals surface area contributed by atoms with Gasteiger partial charge in [-0.15, -0.1) is 0 Å². The molecule has 5 rings (SSSR count). The molecule has 2 aliphatic rings. The topological polar surface area (TPSA) is 88.2 Å². The fraction of sp³-hybridized carbons (Fsp3) is 0.409. The molecule has 2 aromatic heterocycles. The average molecular weight is 404 g/mol. The van der Waals surface area contributed by atoms with E-state index in [1.54, 1.807) is 12.4 Å². The summed E-state index contributed by atoms with van der Waals surface area (Å²) in [5, 5.41) is 4.28. The Balaban J connectivity index is 1.26. The summed E-state index contributed by atoms with van der Waals surface area (Å²) in [6, 6.07) is 9.98. The summed E-state index contributed by atoms with van der Waals surface area (Å²) in [4.78, 5) is 29.7. The van der Waals surface area contributed by atoms with Gasteiger partial charge in [-0.25, -0.2) is 4.98 Å². The van der Waals surface area contributed by atoms with Crippen LogP contribution in [0.25, 0.3) is 11.5 Å². The first-order chi connectivity index (χ1) is 14.6. The fourth-order valence-corrected chi connectivity index (χ4v) is 4.74. The number of hydrogen-bond donors (Lipinski definition) is 0. The van der Waals surface area contributed by atoms with E-state index in [2.05, 4.69) is 32.1 Å². The van der Waals surface area contributed by atoms with Crippen molar-refractivity contribution >= 4 is 5.91 Å². The molecule has 0 aliphatic carbocycles. The van der Waals surface area contributed by atoms with E-state index in [-0.39, 0.29) is 17.4 Å². The summed E-state index contributed by atoms with van der Waals surface area (Å²) < 4.78 is 5.53. The second kappa shape index (κ2) is 7.60. The molecule has 8 nitrogen and oxygen atoms in total. The molecule has 30 heavy (non-hydrogen) atoms. The Morgan fingerprint density at radius 1 is 1.17 bits per heavy atom. The van der Waals surface area contributed by atoms with E-state index < -0.39 is 0 Å². The Morgan fingerprint density at radius 2 is 1.97 bits per heavy atom. The SMILES string of the molecule is CN1CC2(CCN(C(=O)c3cnccn3)CC2)CC1c1noc(-c2ccccc2)n1. The summed E-state index contributed by atoms with van der Waals surface area (Å²) in [5.74, 6) is 1.27. The molecule has 0 bridgehead atoms. The van der Waals surface area contributed by atoms with Gasteiger partial charge in [0.05, 0.1) is 12.2 Å². The first kappa shape index (κ1) is 18.9. The fourth-order valence-electron chi connectivity index (χ4n) is 4.74. The smallest absolute Gasteiger partial charge is 0.274 e. The summed E-state index contributed by atoms with van der Waals surface area (Å²) in [7, 11) is 2.12. The first-order valence-corrected chi connectivity index (χ1v) is 10.3. The van der Waals surface area contributed by atoms with Crippen LogP contribution in [0, 0.1) is 5.41 Å². The largest absolute Gasteiger partial charge is 0.337 e. The van der Waals surface area contributed by atoms with Crippen LogP contribution >= 0.6 is 0 Å². The average Bonchev–Trinajstić information content (AvgIpc) is 3.40. The third-order valence-electron chi connectivity index (χ3n) is 6.40. The predicted molar refractivity (Wildman–Crippen MR) is 109 cm³/mol. The molecule has 8 heteroatoms. The molecule has 0 radical (unpaired) electrons. The lowest BCUT2D eigenvalue weighted by Crippen LogP contribution is -2.44. The zero-order valence-corrected chi connectivity index (χ0v) is 16.9. The van der Waals surface area contributed by atoms with Crippen molar-refractivity contribution in [1.29, 1.82) is 0 Å². The number of aromatic nitrogens is 4. The third kappa shape index (κ3) is 3.47. The van der Waals surface area contributed by atoms with Gasteiger partial charge in [-0.2, -0.15) is 4.98 Å². The van der Waals surface area contributed by atoms with Gasteiger partial charge in [0.25, 0.3) is 11.8 Å².